The molecule has 0 aromatic rings. The van der Waals surface area contributed by atoms with Crippen LogP contribution in [-0.4, -0.2) is 66.7 Å². The van der Waals surface area contributed by atoms with E-state index in [9.17, 15) is 4.79 Å². The molecule has 0 atom stereocenters. The number of likely N-dealkylation sites (tertiary alicyclic amines) is 1. The number of carbonyl (C=O) groups excluding carboxylic acids is 1. The summed E-state index contributed by atoms with van der Waals surface area (Å²) in [6.45, 7) is 2.68. The van der Waals surface area contributed by atoms with E-state index in [1.165, 1.54) is 0 Å². The predicted molar refractivity (Wildman–Crippen MR) is 58.4 cm³/mol. The van der Waals surface area contributed by atoms with Crippen LogP contribution in [0.3, 0.4) is 0 Å². The largest absolute Gasteiger partial charge is 0.395 e. The van der Waals surface area contributed by atoms with E-state index in [2.05, 4.69) is 4.90 Å². The Balaban J connectivity index is 2.25. The molecule has 1 aliphatic heterocycles. The van der Waals surface area contributed by atoms with Gasteiger partial charge in [-0.1, -0.05) is 0 Å². The summed E-state index contributed by atoms with van der Waals surface area (Å²) in [5.74, 6) is 0.0690. The predicted octanol–water partition coefficient (Wildman–Crippen LogP) is -1.14. The number of nitrogens with two attached hydrogens (primary N) is 1. The Hall–Kier alpha value is -0.650. The molecule has 5 heteroatoms. The Kier molecular flexibility index (Phi) is 5.01. The van der Waals surface area contributed by atoms with Crippen LogP contribution in [0.15, 0.2) is 0 Å². The highest BCUT2D eigenvalue weighted by Gasteiger charge is 2.19. The van der Waals surface area contributed by atoms with Gasteiger partial charge in [-0.15, -0.1) is 0 Å². The van der Waals surface area contributed by atoms with Crippen LogP contribution in [0.25, 0.3) is 0 Å². The number of carbonyl (C=O) groups is 1. The van der Waals surface area contributed by atoms with E-state index < -0.39 is 0 Å². The van der Waals surface area contributed by atoms with Crippen molar-refractivity contribution in [3.05, 3.63) is 0 Å². The van der Waals surface area contributed by atoms with Crippen LogP contribution in [0.4, 0.5) is 0 Å². The molecule has 0 aromatic carbocycles. The van der Waals surface area contributed by atoms with Gasteiger partial charge in [-0.2, -0.15) is 0 Å². The van der Waals surface area contributed by atoms with Crippen molar-refractivity contribution in [1.29, 1.82) is 0 Å². The van der Waals surface area contributed by atoms with Crippen molar-refractivity contribution >= 4 is 5.91 Å². The number of aliphatic hydroxyl groups is 1. The average molecular weight is 215 g/mol. The summed E-state index contributed by atoms with van der Waals surface area (Å²) in [6.07, 6.45) is 1.94. The third-order valence-corrected chi connectivity index (χ3v) is 2.85. The molecular formula is C10H21N3O2. The Morgan fingerprint density at radius 1 is 1.53 bits per heavy atom. The number of nitrogens with zero attached hydrogens (tertiary/aromatic N) is 2. The Labute approximate surface area is 90.8 Å². The van der Waals surface area contributed by atoms with Crippen molar-refractivity contribution in [2.24, 2.45) is 5.73 Å². The summed E-state index contributed by atoms with van der Waals surface area (Å²) in [7, 11) is 1.72. The van der Waals surface area contributed by atoms with Crippen LogP contribution in [0.2, 0.25) is 0 Å². The maximum Gasteiger partial charge on any atom is 0.236 e. The molecular weight excluding hydrogens is 194 g/mol. The van der Waals surface area contributed by atoms with Gasteiger partial charge >= 0.3 is 0 Å². The maximum absolute atomic E-state index is 11.6. The van der Waals surface area contributed by atoms with E-state index in [4.69, 9.17) is 10.8 Å². The van der Waals surface area contributed by atoms with Gasteiger partial charge in [0, 0.05) is 32.7 Å². The average Bonchev–Trinajstić information content (AvgIpc) is 2.22. The molecule has 1 fully saturated rings. The fourth-order valence-corrected chi connectivity index (χ4v) is 1.70. The van der Waals surface area contributed by atoms with Crippen LogP contribution >= 0.6 is 0 Å². The second-order valence-electron chi connectivity index (χ2n) is 4.15. The SMILES string of the molecule is CN(CCO)C(=O)CN1CCC(N)CC1. The number of amides is 1. The second kappa shape index (κ2) is 6.05. The third kappa shape index (κ3) is 4.15. The molecule has 0 aromatic heterocycles. The zero-order valence-electron chi connectivity index (χ0n) is 9.35. The molecule has 88 valence electrons. The minimum atomic E-state index is 0.0209. The Bertz CT molecular complexity index is 203. The van der Waals surface area contributed by atoms with Gasteiger partial charge in [-0.05, 0) is 12.8 Å². The first-order valence-corrected chi connectivity index (χ1v) is 5.46. The third-order valence-electron chi connectivity index (χ3n) is 2.85. The Morgan fingerprint density at radius 2 is 2.13 bits per heavy atom. The molecule has 0 aliphatic carbocycles. The van der Waals surface area contributed by atoms with E-state index in [0.29, 0.717) is 19.1 Å². The van der Waals surface area contributed by atoms with Gasteiger partial charge in [-0.3, -0.25) is 9.69 Å². The number of aliphatic hydroxyl groups excluding tert-OH is 1. The maximum atomic E-state index is 11.6. The molecule has 1 saturated heterocycles. The van der Waals surface area contributed by atoms with Crippen molar-refractivity contribution in [3.63, 3.8) is 0 Å². The molecule has 3 N–H and O–H groups in total. The van der Waals surface area contributed by atoms with Crippen LogP contribution < -0.4 is 5.73 Å². The topological polar surface area (TPSA) is 69.8 Å². The lowest BCUT2D eigenvalue weighted by molar-refractivity contribution is -0.131. The van der Waals surface area contributed by atoms with Crippen LogP contribution in [-0.2, 0) is 4.79 Å². The monoisotopic (exact) mass is 215 g/mol. The number of rotatable bonds is 4. The van der Waals surface area contributed by atoms with Gasteiger partial charge in [0.1, 0.15) is 0 Å². The van der Waals surface area contributed by atoms with Crippen molar-refractivity contribution in [2.75, 3.05) is 39.8 Å². The minimum Gasteiger partial charge on any atom is -0.395 e. The quantitative estimate of drug-likeness (QED) is 0.622. The summed E-state index contributed by atoms with van der Waals surface area (Å²) in [5, 5.41) is 8.70. The molecule has 5 nitrogen and oxygen atoms in total. The van der Waals surface area contributed by atoms with E-state index >= 15 is 0 Å². The fourth-order valence-electron chi connectivity index (χ4n) is 1.70. The summed E-state index contributed by atoms with van der Waals surface area (Å²) in [5.41, 5.74) is 5.78. The zero-order valence-corrected chi connectivity index (χ0v) is 9.35. The van der Waals surface area contributed by atoms with Gasteiger partial charge in [0.25, 0.3) is 0 Å². The standard InChI is InChI=1S/C10H21N3O2/c1-12(6-7-14)10(15)8-13-4-2-9(11)3-5-13/h9,14H,2-8,11H2,1H3. The van der Waals surface area contributed by atoms with Gasteiger partial charge in [-0.25, -0.2) is 0 Å². The van der Waals surface area contributed by atoms with Gasteiger partial charge < -0.3 is 15.7 Å². The van der Waals surface area contributed by atoms with Crippen molar-refractivity contribution < 1.29 is 9.90 Å². The summed E-state index contributed by atoms with van der Waals surface area (Å²) >= 11 is 0. The van der Waals surface area contributed by atoms with Crippen LogP contribution in [0.1, 0.15) is 12.8 Å². The first-order valence-electron chi connectivity index (χ1n) is 5.46. The highest BCUT2D eigenvalue weighted by molar-refractivity contribution is 5.77. The molecule has 1 aliphatic rings. The summed E-state index contributed by atoms with van der Waals surface area (Å²) in [4.78, 5) is 15.3. The summed E-state index contributed by atoms with van der Waals surface area (Å²) < 4.78 is 0. The summed E-state index contributed by atoms with van der Waals surface area (Å²) in [6, 6.07) is 0.298. The van der Waals surface area contributed by atoms with Gasteiger partial charge in [0.15, 0.2) is 0 Å². The number of piperidine rings is 1. The smallest absolute Gasteiger partial charge is 0.236 e. The molecule has 0 unspecified atom stereocenters. The lowest BCUT2D eigenvalue weighted by Crippen LogP contribution is -2.45. The molecule has 15 heavy (non-hydrogen) atoms. The van der Waals surface area contributed by atoms with E-state index in [1.54, 1.807) is 11.9 Å². The number of likely N-dealkylation sites (N-methyl/N-ethyl adjacent to an activating group) is 1. The molecule has 1 heterocycles. The van der Waals surface area contributed by atoms with Gasteiger partial charge in [0.2, 0.25) is 5.91 Å². The van der Waals surface area contributed by atoms with E-state index in [-0.39, 0.29) is 12.5 Å². The normalized spacial score (nSPS) is 19.1. The lowest BCUT2D eigenvalue weighted by Gasteiger charge is -2.30. The number of hydrogen-bond donors (Lipinski definition) is 2. The molecule has 1 amide bonds. The highest BCUT2D eigenvalue weighted by Crippen LogP contribution is 2.07. The highest BCUT2D eigenvalue weighted by atomic mass is 16.3. The molecule has 1 rings (SSSR count). The zero-order chi connectivity index (χ0) is 11.3. The number of hydrogen-bond acceptors (Lipinski definition) is 4. The fraction of sp³-hybridized carbons (Fsp3) is 0.900. The van der Waals surface area contributed by atoms with E-state index in [0.717, 1.165) is 25.9 Å². The molecule has 0 saturated carbocycles. The molecule has 0 radical (unpaired) electrons. The van der Waals surface area contributed by atoms with Crippen molar-refractivity contribution in [3.8, 4) is 0 Å². The lowest BCUT2D eigenvalue weighted by atomic mass is 10.1. The second-order valence-corrected chi connectivity index (χ2v) is 4.15. The van der Waals surface area contributed by atoms with E-state index in [1.807, 2.05) is 0 Å². The molecule has 0 spiro atoms. The molecule has 0 bridgehead atoms. The van der Waals surface area contributed by atoms with Crippen LogP contribution in [0.5, 0.6) is 0 Å². The Morgan fingerprint density at radius 3 is 2.67 bits per heavy atom. The van der Waals surface area contributed by atoms with Crippen LogP contribution in [0, 0.1) is 0 Å². The van der Waals surface area contributed by atoms with Gasteiger partial charge in [0.05, 0.1) is 13.2 Å². The van der Waals surface area contributed by atoms with Crippen molar-refractivity contribution in [2.45, 2.75) is 18.9 Å². The van der Waals surface area contributed by atoms with Crippen molar-refractivity contribution in [1.82, 2.24) is 9.80 Å². The minimum absolute atomic E-state index is 0.0209. The first-order chi connectivity index (χ1) is 7.13. The first kappa shape index (κ1) is 12.4.